The van der Waals surface area contributed by atoms with Crippen LogP contribution in [0.15, 0.2) is 36.4 Å². The standard InChI is InChI=1S/C16H18FNO/c1-11(19)18-10-16(2,3)15-6-4-5-12-7-8-13(17)9-14(12)15/h4-9H,10H2,1-3H3,(H,18,19). The van der Waals surface area contributed by atoms with E-state index in [1.165, 1.54) is 13.0 Å². The van der Waals surface area contributed by atoms with Gasteiger partial charge in [-0.05, 0) is 28.5 Å². The molecule has 0 aliphatic heterocycles. The summed E-state index contributed by atoms with van der Waals surface area (Å²) in [6.45, 7) is 6.11. The highest BCUT2D eigenvalue weighted by Crippen LogP contribution is 2.30. The van der Waals surface area contributed by atoms with Crippen molar-refractivity contribution in [2.24, 2.45) is 0 Å². The summed E-state index contributed by atoms with van der Waals surface area (Å²) in [5, 5.41) is 4.74. The molecule has 2 nitrogen and oxygen atoms in total. The third-order valence-electron chi connectivity index (χ3n) is 3.35. The van der Waals surface area contributed by atoms with Crippen LogP contribution in [0.4, 0.5) is 4.39 Å². The first-order valence-corrected chi connectivity index (χ1v) is 6.33. The average molecular weight is 259 g/mol. The zero-order valence-electron chi connectivity index (χ0n) is 11.5. The topological polar surface area (TPSA) is 29.1 Å². The van der Waals surface area contributed by atoms with Crippen LogP contribution in [0.5, 0.6) is 0 Å². The van der Waals surface area contributed by atoms with Gasteiger partial charge in [-0.1, -0.05) is 38.1 Å². The molecule has 0 atom stereocenters. The Labute approximate surface area is 112 Å². The number of amides is 1. The van der Waals surface area contributed by atoms with Crippen LogP contribution in [-0.2, 0) is 10.2 Å². The van der Waals surface area contributed by atoms with Crippen molar-refractivity contribution in [3.63, 3.8) is 0 Å². The Morgan fingerprint density at radius 1 is 1.26 bits per heavy atom. The monoisotopic (exact) mass is 259 g/mol. The average Bonchev–Trinajstić information content (AvgIpc) is 2.35. The summed E-state index contributed by atoms with van der Waals surface area (Å²) >= 11 is 0. The fourth-order valence-corrected chi connectivity index (χ4v) is 2.28. The second-order valence-electron chi connectivity index (χ2n) is 5.46. The second-order valence-corrected chi connectivity index (χ2v) is 5.46. The Balaban J connectivity index is 2.48. The van der Waals surface area contributed by atoms with E-state index < -0.39 is 0 Å². The quantitative estimate of drug-likeness (QED) is 0.899. The predicted molar refractivity (Wildman–Crippen MR) is 75.6 cm³/mol. The van der Waals surface area contributed by atoms with E-state index in [9.17, 15) is 9.18 Å². The molecule has 0 aliphatic rings. The number of fused-ring (bicyclic) bond motifs is 1. The molecule has 1 N–H and O–H groups in total. The van der Waals surface area contributed by atoms with Gasteiger partial charge in [0.2, 0.25) is 5.91 Å². The van der Waals surface area contributed by atoms with Crippen LogP contribution in [0.25, 0.3) is 10.8 Å². The van der Waals surface area contributed by atoms with Crippen molar-refractivity contribution in [3.8, 4) is 0 Å². The molecule has 0 aliphatic carbocycles. The van der Waals surface area contributed by atoms with Crippen molar-refractivity contribution in [3.05, 3.63) is 47.8 Å². The lowest BCUT2D eigenvalue weighted by molar-refractivity contribution is -0.119. The molecule has 0 unspecified atom stereocenters. The van der Waals surface area contributed by atoms with Crippen LogP contribution in [-0.4, -0.2) is 12.5 Å². The van der Waals surface area contributed by atoms with Crippen molar-refractivity contribution in [1.82, 2.24) is 5.32 Å². The fourth-order valence-electron chi connectivity index (χ4n) is 2.28. The molecule has 0 radical (unpaired) electrons. The van der Waals surface area contributed by atoms with Gasteiger partial charge in [-0.25, -0.2) is 4.39 Å². The van der Waals surface area contributed by atoms with Gasteiger partial charge in [-0.15, -0.1) is 0 Å². The van der Waals surface area contributed by atoms with Crippen molar-refractivity contribution in [2.75, 3.05) is 6.54 Å². The molecule has 0 spiro atoms. The minimum atomic E-state index is -0.251. The smallest absolute Gasteiger partial charge is 0.216 e. The van der Waals surface area contributed by atoms with Crippen LogP contribution in [0.3, 0.4) is 0 Å². The first-order valence-electron chi connectivity index (χ1n) is 6.33. The normalized spacial score (nSPS) is 11.6. The minimum Gasteiger partial charge on any atom is -0.355 e. The third-order valence-corrected chi connectivity index (χ3v) is 3.35. The molecular weight excluding hydrogens is 241 g/mol. The van der Waals surface area contributed by atoms with Gasteiger partial charge in [0.05, 0.1) is 0 Å². The summed E-state index contributed by atoms with van der Waals surface area (Å²) < 4.78 is 13.4. The number of nitrogens with one attached hydrogen (secondary N) is 1. The molecule has 100 valence electrons. The van der Waals surface area contributed by atoms with Crippen molar-refractivity contribution >= 4 is 16.7 Å². The lowest BCUT2D eigenvalue weighted by Crippen LogP contribution is -2.35. The summed E-state index contributed by atoms with van der Waals surface area (Å²) in [5.74, 6) is -0.297. The van der Waals surface area contributed by atoms with Gasteiger partial charge < -0.3 is 5.32 Å². The largest absolute Gasteiger partial charge is 0.355 e. The molecule has 1 amide bonds. The fraction of sp³-hybridized carbons (Fsp3) is 0.312. The maximum atomic E-state index is 13.4. The lowest BCUT2D eigenvalue weighted by atomic mass is 9.81. The van der Waals surface area contributed by atoms with Crippen LogP contribution in [0, 0.1) is 5.82 Å². The van der Waals surface area contributed by atoms with Crippen molar-refractivity contribution in [1.29, 1.82) is 0 Å². The van der Waals surface area contributed by atoms with Crippen molar-refractivity contribution in [2.45, 2.75) is 26.2 Å². The molecule has 3 heteroatoms. The lowest BCUT2D eigenvalue weighted by Gasteiger charge is -2.27. The summed E-state index contributed by atoms with van der Waals surface area (Å²) in [5.41, 5.74) is 0.789. The van der Waals surface area contributed by atoms with E-state index in [4.69, 9.17) is 0 Å². The van der Waals surface area contributed by atoms with Gasteiger partial charge >= 0.3 is 0 Å². The highest BCUT2D eigenvalue weighted by atomic mass is 19.1. The van der Waals surface area contributed by atoms with E-state index in [0.717, 1.165) is 16.3 Å². The molecular formula is C16H18FNO. The molecule has 19 heavy (non-hydrogen) atoms. The van der Waals surface area contributed by atoms with E-state index in [0.29, 0.717) is 6.54 Å². The number of hydrogen-bond acceptors (Lipinski definition) is 1. The Morgan fingerprint density at radius 2 is 2.00 bits per heavy atom. The number of benzene rings is 2. The minimum absolute atomic E-state index is 0.0560. The second kappa shape index (κ2) is 5.00. The zero-order valence-corrected chi connectivity index (χ0v) is 11.5. The predicted octanol–water partition coefficient (Wildman–Crippen LogP) is 3.39. The van der Waals surface area contributed by atoms with E-state index in [-0.39, 0.29) is 17.1 Å². The van der Waals surface area contributed by atoms with Gasteiger partial charge in [0.15, 0.2) is 0 Å². The molecule has 0 bridgehead atoms. The van der Waals surface area contributed by atoms with Gasteiger partial charge in [0.25, 0.3) is 0 Å². The molecule has 2 aromatic carbocycles. The van der Waals surface area contributed by atoms with Crippen molar-refractivity contribution < 1.29 is 9.18 Å². The van der Waals surface area contributed by atoms with E-state index in [1.54, 1.807) is 12.1 Å². The maximum Gasteiger partial charge on any atom is 0.216 e. The zero-order chi connectivity index (χ0) is 14.0. The highest BCUT2D eigenvalue weighted by Gasteiger charge is 2.23. The molecule has 0 saturated carbocycles. The number of carbonyl (C=O) groups is 1. The number of rotatable bonds is 3. The first kappa shape index (κ1) is 13.5. The SMILES string of the molecule is CC(=O)NCC(C)(C)c1cccc2ccc(F)cc12. The van der Waals surface area contributed by atoms with Gasteiger partial charge in [0, 0.05) is 18.9 Å². The third kappa shape index (κ3) is 2.92. The van der Waals surface area contributed by atoms with E-state index >= 15 is 0 Å². The molecule has 0 saturated heterocycles. The number of halogens is 1. The maximum absolute atomic E-state index is 13.4. The Morgan fingerprint density at radius 3 is 2.68 bits per heavy atom. The summed E-state index contributed by atoms with van der Waals surface area (Å²) in [4.78, 5) is 11.1. The van der Waals surface area contributed by atoms with Gasteiger partial charge in [-0.3, -0.25) is 4.79 Å². The van der Waals surface area contributed by atoms with Crippen LogP contribution >= 0.6 is 0 Å². The summed E-state index contributed by atoms with van der Waals surface area (Å²) in [6.07, 6.45) is 0. The molecule has 0 fully saturated rings. The summed E-state index contributed by atoms with van der Waals surface area (Å²) in [6, 6.07) is 10.7. The first-order chi connectivity index (χ1) is 8.90. The van der Waals surface area contributed by atoms with Crippen LogP contribution in [0.2, 0.25) is 0 Å². The van der Waals surface area contributed by atoms with Crippen LogP contribution in [0.1, 0.15) is 26.3 Å². The molecule has 0 heterocycles. The Bertz CT molecular complexity index is 619. The summed E-state index contributed by atoms with van der Waals surface area (Å²) in [7, 11) is 0. The van der Waals surface area contributed by atoms with Gasteiger partial charge in [0.1, 0.15) is 5.82 Å². The molecule has 2 rings (SSSR count). The Kier molecular flexibility index (Phi) is 3.56. The van der Waals surface area contributed by atoms with E-state index in [2.05, 4.69) is 5.32 Å². The van der Waals surface area contributed by atoms with Crippen LogP contribution < -0.4 is 5.32 Å². The Hall–Kier alpha value is -1.90. The number of carbonyl (C=O) groups excluding carboxylic acids is 1. The molecule has 2 aromatic rings. The van der Waals surface area contributed by atoms with E-state index in [1.807, 2.05) is 32.0 Å². The highest BCUT2D eigenvalue weighted by molar-refractivity contribution is 5.86. The number of hydrogen-bond donors (Lipinski definition) is 1. The molecule has 0 aromatic heterocycles. The van der Waals surface area contributed by atoms with Gasteiger partial charge in [-0.2, -0.15) is 0 Å².